The molecule has 1 nitrogen and oxygen atoms in total. The summed E-state index contributed by atoms with van der Waals surface area (Å²) in [7, 11) is -0.0964. The van der Waals surface area contributed by atoms with E-state index in [2.05, 4.69) is 20.8 Å². The maximum atomic E-state index is 5.86. The van der Waals surface area contributed by atoms with Crippen LogP contribution in [0.15, 0.2) is 0 Å². The molecule has 0 unspecified atom stereocenters. The van der Waals surface area contributed by atoms with Gasteiger partial charge in [-0.3, -0.25) is 0 Å². The Hall–Kier alpha value is 0.709. The number of rotatable bonds is 6. The molecule has 0 aromatic heterocycles. The lowest BCUT2D eigenvalue weighted by molar-refractivity contribution is 0.601. The van der Waals surface area contributed by atoms with Crippen LogP contribution in [-0.4, -0.2) is 24.2 Å². The van der Waals surface area contributed by atoms with Crippen LogP contribution >= 0.6 is 0 Å². The normalized spacial score (nSPS) is 11.1. The molecule has 0 radical (unpaired) electrons. The fourth-order valence-electron chi connectivity index (χ4n) is 0.919. The molecule has 0 aliphatic carbocycles. The largest absolute Gasteiger partial charge is 0.550 e. The van der Waals surface area contributed by atoms with Crippen molar-refractivity contribution in [3.63, 3.8) is 0 Å². The van der Waals surface area contributed by atoms with Crippen LogP contribution in [0.2, 0.25) is 16.6 Å². The van der Waals surface area contributed by atoms with Gasteiger partial charge in [0.25, 0.3) is 0 Å². The van der Waals surface area contributed by atoms with Gasteiger partial charge in [0.1, 0.15) is 9.76 Å². The van der Waals surface area contributed by atoms with E-state index < -0.39 is 14.5 Å². The van der Waals surface area contributed by atoms with Crippen LogP contribution in [0.5, 0.6) is 0 Å². The van der Waals surface area contributed by atoms with Crippen molar-refractivity contribution >= 4 is 24.2 Å². The molecule has 0 fully saturated rings. The molecular weight excluding hydrogens is 155 g/mol. The van der Waals surface area contributed by atoms with Crippen LogP contribution in [-0.2, 0) is 3.48 Å². The summed E-state index contributed by atoms with van der Waals surface area (Å²) in [6, 6.07) is 1.38. The Labute approximate surface area is 71.8 Å². The van der Waals surface area contributed by atoms with Crippen molar-refractivity contribution in [3.8, 4) is 0 Å². The zero-order valence-electron chi connectivity index (χ0n) is 7.52. The molecule has 0 saturated heterocycles. The Morgan fingerprint density at radius 2 is 1.80 bits per heavy atom. The van der Waals surface area contributed by atoms with Gasteiger partial charge < -0.3 is 3.48 Å². The highest BCUT2D eigenvalue weighted by atomic mass is 28.2. The van der Waals surface area contributed by atoms with E-state index in [9.17, 15) is 0 Å². The molecule has 0 amide bonds. The first-order chi connectivity index (χ1) is 4.85. The Kier molecular flexibility index (Phi) is 8.37. The zero-order valence-corrected chi connectivity index (χ0v) is 10.1. The molecule has 3 heteroatoms. The summed E-state index contributed by atoms with van der Waals surface area (Å²) in [4.78, 5) is 0. The van der Waals surface area contributed by atoms with Crippen LogP contribution in [0.4, 0.5) is 0 Å². The highest BCUT2D eigenvalue weighted by Crippen LogP contribution is 2.00. The third-order valence-electron chi connectivity index (χ3n) is 1.76. The maximum Gasteiger partial charge on any atom is 0.448 e. The molecule has 0 N–H and O–H groups in total. The predicted octanol–water partition coefficient (Wildman–Crippen LogP) is 1.95. The van der Waals surface area contributed by atoms with Crippen molar-refractivity contribution in [2.45, 2.75) is 43.8 Å². The summed E-state index contributed by atoms with van der Waals surface area (Å²) < 4.78 is 5.86. The minimum Gasteiger partial charge on any atom is -0.550 e. The SMILES string of the molecule is CCC[SiH2][O][Al]([CH2]C)[CH2]C. The average molecular weight is 174 g/mol. The summed E-state index contributed by atoms with van der Waals surface area (Å²) in [5.74, 6) is 0. The molecule has 0 rings (SSSR count). The smallest absolute Gasteiger partial charge is 0.448 e. The molecule has 0 aliphatic heterocycles. The van der Waals surface area contributed by atoms with Gasteiger partial charge in [-0.05, 0) is 6.04 Å². The first-order valence-electron chi connectivity index (χ1n) is 4.46. The Bertz CT molecular complexity index is 66.6. The topological polar surface area (TPSA) is 9.23 Å². The third kappa shape index (κ3) is 5.49. The van der Waals surface area contributed by atoms with Gasteiger partial charge in [0.05, 0.1) is 0 Å². The van der Waals surface area contributed by atoms with Crippen molar-refractivity contribution in [3.05, 3.63) is 0 Å². The third-order valence-corrected chi connectivity index (χ3v) is 7.41. The van der Waals surface area contributed by atoms with Crippen LogP contribution in [0.25, 0.3) is 0 Å². The summed E-state index contributed by atoms with van der Waals surface area (Å²) in [6.45, 7) is 6.77. The van der Waals surface area contributed by atoms with E-state index in [-0.39, 0.29) is 9.76 Å². The molecule has 0 atom stereocenters. The summed E-state index contributed by atoms with van der Waals surface area (Å²) in [5, 5.41) is 2.65. The first kappa shape index (κ1) is 10.7. The van der Waals surface area contributed by atoms with Crippen LogP contribution in [0, 0.1) is 0 Å². The van der Waals surface area contributed by atoms with Crippen LogP contribution in [0.1, 0.15) is 27.2 Å². The van der Waals surface area contributed by atoms with E-state index in [1.54, 1.807) is 0 Å². The highest BCUT2D eigenvalue weighted by Gasteiger charge is 2.12. The van der Waals surface area contributed by atoms with Crippen molar-refractivity contribution < 1.29 is 3.48 Å². The highest BCUT2D eigenvalue weighted by molar-refractivity contribution is 6.58. The minimum absolute atomic E-state index is 0.0964. The van der Waals surface area contributed by atoms with Gasteiger partial charge in [0.15, 0.2) is 0 Å². The predicted molar refractivity (Wildman–Crippen MR) is 51.4 cm³/mol. The van der Waals surface area contributed by atoms with Crippen molar-refractivity contribution in [2.75, 3.05) is 0 Å². The zero-order chi connectivity index (χ0) is 7.82. The molecular formula is C7H19AlOSi. The Balaban J connectivity index is 3.09. The van der Waals surface area contributed by atoms with E-state index >= 15 is 0 Å². The monoisotopic (exact) mass is 174 g/mol. The number of hydrogen-bond acceptors (Lipinski definition) is 1. The maximum absolute atomic E-state index is 5.86. The summed E-state index contributed by atoms with van der Waals surface area (Å²) in [5.41, 5.74) is 0. The minimum atomic E-state index is -0.662. The molecule has 0 aromatic rings. The second-order valence-corrected chi connectivity index (χ2v) is 7.99. The van der Waals surface area contributed by atoms with E-state index in [4.69, 9.17) is 3.48 Å². The summed E-state index contributed by atoms with van der Waals surface area (Å²) in [6.07, 6.45) is 1.32. The van der Waals surface area contributed by atoms with Crippen LogP contribution < -0.4 is 0 Å². The quantitative estimate of drug-likeness (QED) is 0.442. The van der Waals surface area contributed by atoms with Crippen molar-refractivity contribution in [1.82, 2.24) is 0 Å². The molecule has 10 heavy (non-hydrogen) atoms. The lowest BCUT2D eigenvalue weighted by Crippen LogP contribution is -2.17. The lowest BCUT2D eigenvalue weighted by Gasteiger charge is -2.07. The Morgan fingerprint density at radius 1 is 1.20 bits per heavy atom. The van der Waals surface area contributed by atoms with Crippen molar-refractivity contribution in [1.29, 1.82) is 0 Å². The summed E-state index contributed by atoms with van der Waals surface area (Å²) >= 11 is -0.662. The fourth-order valence-corrected chi connectivity index (χ4v) is 5.67. The Morgan fingerprint density at radius 3 is 2.20 bits per heavy atom. The van der Waals surface area contributed by atoms with E-state index in [1.165, 1.54) is 23.0 Å². The van der Waals surface area contributed by atoms with Gasteiger partial charge in [-0.25, -0.2) is 0 Å². The van der Waals surface area contributed by atoms with Gasteiger partial charge in [0, 0.05) is 0 Å². The molecule has 0 spiro atoms. The van der Waals surface area contributed by atoms with Crippen LogP contribution in [0.3, 0.4) is 0 Å². The molecule has 60 valence electrons. The van der Waals surface area contributed by atoms with Crippen molar-refractivity contribution in [2.24, 2.45) is 0 Å². The molecule has 0 bridgehead atoms. The molecule has 0 aliphatic rings. The molecule has 0 saturated carbocycles. The first-order valence-corrected chi connectivity index (χ1v) is 8.14. The van der Waals surface area contributed by atoms with E-state index in [0.717, 1.165) is 0 Å². The number of hydrogen-bond donors (Lipinski definition) is 0. The lowest BCUT2D eigenvalue weighted by atomic mass is 10.6. The van der Waals surface area contributed by atoms with Gasteiger partial charge in [0.2, 0.25) is 0 Å². The standard InChI is InChI=1S/C3H9OSi.2C2H5.Al/c1-2-3-5-4;2*1-2;/h2-3,5H2,1H3;2*1H2,2H3;/q-1;;;+1. The van der Waals surface area contributed by atoms with Gasteiger partial charge >= 0.3 is 14.5 Å². The van der Waals surface area contributed by atoms with Gasteiger partial charge in [-0.15, -0.1) is 0 Å². The van der Waals surface area contributed by atoms with E-state index in [0.29, 0.717) is 0 Å². The van der Waals surface area contributed by atoms with Gasteiger partial charge in [-0.2, -0.15) is 0 Å². The molecule has 0 heterocycles. The second-order valence-electron chi connectivity index (χ2n) is 2.66. The van der Waals surface area contributed by atoms with Gasteiger partial charge in [-0.1, -0.05) is 37.8 Å². The molecule has 0 aromatic carbocycles. The average Bonchev–Trinajstić information content (AvgIpc) is 1.99. The van der Waals surface area contributed by atoms with E-state index in [1.807, 2.05) is 0 Å². The fraction of sp³-hybridized carbons (Fsp3) is 1.00. The second kappa shape index (κ2) is 7.81.